The zero-order valence-corrected chi connectivity index (χ0v) is 13.0. The van der Waals surface area contributed by atoms with Crippen LogP contribution < -0.4 is 15.4 Å². The number of benzene rings is 2. The molecule has 0 radical (unpaired) electrons. The predicted molar refractivity (Wildman–Crippen MR) is 91.5 cm³/mol. The number of hydrogen-bond acceptors (Lipinski definition) is 5. The molecule has 0 fully saturated rings. The van der Waals surface area contributed by atoms with Gasteiger partial charge in [-0.05, 0) is 30.3 Å². The van der Waals surface area contributed by atoms with Gasteiger partial charge in [-0.25, -0.2) is 14.8 Å². The lowest BCUT2D eigenvalue weighted by molar-refractivity contribution is 0.0967. The Balaban J connectivity index is 1.68. The molecule has 0 unspecified atom stereocenters. The summed E-state index contributed by atoms with van der Waals surface area (Å²) in [5, 5.41) is 4.84. The van der Waals surface area contributed by atoms with Crippen molar-refractivity contribution in [3.8, 4) is 11.8 Å². The van der Waals surface area contributed by atoms with Gasteiger partial charge in [-0.1, -0.05) is 30.3 Å². The summed E-state index contributed by atoms with van der Waals surface area (Å²) in [5.74, 6) is -0.140. The van der Waals surface area contributed by atoms with Gasteiger partial charge in [0.05, 0.1) is 5.69 Å². The van der Waals surface area contributed by atoms with Crippen LogP contribution in [0.15, 0.2) is 73.1 Å². The van der Waals surface area contributed by atoms with Crippen molar-refractivity contribution < 1.29 is 14.3 Å². The highest BCUT2D eigenvalue weighted by molar-refractivity contribution is 6.08. The van der Waals surface area contributed by atoms with Crippen LogP contribution in [0.3, 0.4) is 0 Å². The van der Waals surface area contributed by atoms with Crippen LogP contribution in [-0.2, 0) is 0 Å². The molecule has 0 saturated carbocycles. The lowest BCUT2D eigenvalue weighted by Gasteiger charge is -2.11. The minimum Gasteiger partial charge on any atom is -0.422 e. The predicted octanol–water partition coefficient (Wildman–Crippen LogP) is 3.23. The van der Waals surface area contributed by atoms with Gasteiger partial charge < -0.3 is 10.1 Å². The second-order valence-corrected chi connectivity index (χ2v) is 4.90. The molecule has 3 rings (SSSR count). The molecule has 0 aliphatic heterocycles. The summed E-state index contributed by atoms with van der Waals surface area (Å²) in [6.45, 7) is 0. The van der Waals surface area contributed by atoms with Gasteiger partial charge in [-0.2, -0.15) is 0 Å². The molecule has 3 amide bonds. The first-order valence-electron chi connectivity index (χ1n) is 7.43. The molecule has 2 N–H and O–H groups in total. The number of carbonyl (C=O) groups is 2. The maximum atomic E-state index is 12.1. The molecule has 7 heteroatoms. The number of nitrogens with zero attached hydrogens (tertiary/aromatic N) is 2. The van der Waals surface area contributed by atoms with Crippen LogP contribution in [0.2, 0.25) is 0 Å². The van der Waals surface area contributed by atoms with E-state index in [4.69, 9.17) is 4.74 Å². The number of ether oxygens (including phenoxy) is 1. The molecule has 3 aromatic rings. The third-order valence-corrected chi connectivity index (χ3v) is 3.14. The molecule has 1 heterocycles. The highest BCUT2D eigenvalue weighted by Crippen LogP contribution is 2.27. The first-order valence-corrected chi connectivity index (χ1v) is 7.43. The van der Waals surface area contributed by atoms with E-state index in [1.807, 2.05) is 0 Å². The summed E-state index contributed by atoms with van der Waals surface area (Å²) in [5.41, 5.74) is 0.771. The molecule has 0 bridgehead atoms. The van der Waals surface area contributed by atoms with Crippen molar-refractivity contribution in [2.24, 2.45) is 0 Å². The molecule has 0 saturated heterocycles. The average Bonchev–Trinajstić information content (AvgIpc) is 2.65. The number of amides is 3. The van der Waals surface area contributed by atoms with Crippen molar-refractivity contribution >= 4 is 17.6 Å². The number of para-hydroxylation sites is 2. The Morgan fingerprint density at radius 1 is 0.840 bits per heavy atom. The van der Waals surface area contributed by atoms with Crippen LogP contribution in [0.25, 0.3) is 0 Å². The van der Waals surface area contributed by atoms with Crippen molar-refractivity contribution in [2.45, 2.75) is 0 Å². The van der Waals surface area contributed by atoms with Crippen LogP contribution in [0.1, 0.15) is 10.4 Å². The van der Waals surface area contributed by atoms with E-state index in [9.17, 15) is 9.59 Å². The third-order valence-electron chi connectivity index (χ3n) is 3.14. The molecular weight excluding hydrogens is 320 g/mol. The Morgan fingerprint density at radius 2 is 1.52 bits per heavy atom. The standard InChI is InChI=1S/C18H14N4O3/c23-16(13-7-2-1-3-8-13)22-17(24)21-14-9-4-5-10-15(14)25-18-19-11-6-12-20-18/h1-12H,(H2,21,22,23,24). The van der Waals surface area contributed by atoms with E-state index in [-0.39, 0.29) is 6.01 Å². The summed E-state index contributed by atoms with van der Waals surface area (Å²) in [6, 6.07) is 16.4. The quantitative estimate of drug-likeness (QED) is 0.764. The van der Waals surface area contributed by atoms with Crippen molar-refractivity contribution in [3.05, 3.63) is 78.6 Å². The number of anilines is 1. The molecule has 124 valence electrons. The van der Waals surface area contributed by atoms with E-state index in [1.54, 1.807) is 73.1 Å². The zero-order valence-electron chi connectivity index (χ0n) is 13.0. The fourth-order valence-corrected chi connectivity index (χ4v) is 2.01. The second kappa shape index (κ2) is 7.69. The van der Waals surface area contributed by atoms with Gasteiger partial charge in [0.2, 0.25) is 0 Å². The molecule has 0 spiro atoms. The van der Waals surface area contributed by atoms with E-state index in [1.165, 1.54) is 0 Å². The lowest BCUT2D eigenvalue weighted by atomic mass is 10.2. The maximum absolute atomic E-state index is 12.1. The maximum Gasteiger partial charge on any atom is 0.326 e. The van der Waals surface area contributed by atoms with Gasteiger partial charge in [-0.3, -0.25) is 10.1 Å². The van der Waals surface area contributed by atoms with E-state index in [0.29, 0.717) is 17.0 Å². The number of urea groups is 1. The molecule has 25 heavy (non-hydrogen) atoms. The minimum atomic E-state index is -0.668. The summed E-state index contributed by atoms with van der Waals surface area (Å²) in [6.07, 6.45) is 3.09. The number of carbonyl (C=O) groups excluding carboxylic acids is 2. The molecule has 0 aliphatic rings. The number of imide groups is 1. The Morgan fingerprint density at radius 3 is 2.28 bits per heavy atom. The van der Waals surface area contributed by atoms with E-state index in [2.05, 4.69) is 20.6 Å². The van der Waals surface area contributed by atoms with Crippen LogP contribution in [-0.4, -0.2) is 21.9 Å². The van der Waals surface area contributed by atoms with Gasteiger partial charge in [0.25, 0.3) is 5.91 Å². The largest absolute Gasteiger partial charge is 0.422 e. The SMILES string of the molecule is O=C(NC(=O)c1ccccc1)Nc1ccccc1Oc1ncccn1. The van der Waals surface area contributed by atoms with Crippen molar-refractivity contribution in [3.63, 3.8) is 0 Å². The first kappa shape index (κ1) is 16.1. The lowest BCUT2D eigenvalue weighted by Crippen LogP contribution is -2.34. The van der Waals surface area contributed by atoms with Gasteiger partial charge in [-0.15, -0.1) is 0 Å². The Hall–Kier alpha value is -3.74. The number of aromatic nitrogens is 2. The Kier molecular flexibility index (Phi) is 4.96. The van der Waals surface area contributed by atoms with Crippen LogP contribution in [0.4, 0.5) is 10.5 Å². The van der Waals surface area contributed by atoms with Crippen molar-refractivity contribution in [2.75, 3.05) is 5.32 Å². The monoisotopic (exact) mass is 334 g/mol. The Labute approximate surface area is 143 Å². The second-order valence-electron chi connectivity index (χ2n) is 4.90. The van der Waals surface area contributed by atoms with Crippen molar-refractivity contribution in [1.82, 2.24) is 15.3 Å². The molecular formula is C18H14N4O3. The summed E-state index contributed by atoms with van der Waals surface area (Å²) < 4.78 is 5.55. The highest BCUT2D eigenvalue weighted by atomic mass is 16.5. The summed E-state index contributed by atoms with van der Waals surface area (Å²) in [4.78, 5) is 32.0. The van der Waals surface area contributed by atoms with Gasteiger partial charge in [0.15, 0.2) is 5.75 Å². The fourth-order valence-electron chi connectivity index (χ4n) is 2.01. The van der Waals surface area contributed by atoms with Gasteiger partial charge >= 0.3 is 12.0 Å². The number of rotatable bonds is 4. The van der Waals surface area contributed by atoms with Gasteiger partial charge in [0, 0.05) is 18.0 Å². The van der Waals surface area contributed by atoms with Crippen LogP contribution in [0, 0.1) is 0 Å². The molecule has 2 aromatic carbocycles. The highest BCUT2D eigenvalue weighted by Gasteiger charge is 2.13. The zero-order chi connectivity index (χ0) is 17.5. The van der Waals surface area contributed by atoms with Gasteiger partial charge in [0.1, 0.15) is 0 Å². The fraction of sp³-hybridized carbons (Fsp3) is 0. The van der Waals surface area contributed by atoms with E-state index >= 15 is 0 Å². The first-order chi connectivity index (χ1) is 12.2. The molecule has 1 aromatic heterocycles. The molecule has 0 atom stereocenters. The van der Waals surface area contributed by atoms with E-state index in [0.717, 1.165) is 0 Å². The smallest absolute Gasteiger partial charge is 0.326 e. The normalized spacial score (nSPS) is 9.92. The molecule has 7 nitrogen and oxygen atoms in total. The minimum absolute atomic E-state index is 0.150. The topological polar surface area (TPSA) is 93.2 Å². The third kappa shape index (κ3) is 4.38. The summed E-state index contributed by atoms with van der Waals surface area (Å²) in [7, 11) is 0. The average molecular weight is 334 g/mol. The van der Waals surface area contributed by atoms with E-state index < -0.39 is 11.9 Å². The molecule has 0 aliphatic carbocycles. The van der Waals surface area contributed by atoms with Crippen LogP contribution in [0.5, 0.6) is 11.8 Å². The van der Waals surface area contributed by atoms with Crippen LogP contribution >= 0.6 is 0 Å². The Bertz CT molecular complexity index is 870. The summed E-state index contributed by atoms with van der Waals surface area (Å²) >= 11 is 0. The number of nitrogens with one attached hydrogen (secondary N) is 2. The number of hydrogen-bond donors (Lipinski definition) is 2. The van der Waals surface area contributed by atoms with Crippen molar-refractivity contribution in [1.29, 1.82) is 0 Å².